The molecule has 1 aromatic carbocycles. The van der Waals surface area contributed by atoms with Crippen LogP contribution in [0, 0.1) is 0 Å². The highest BCUT2D eigenvalue weighted by Gasteiger charge is 2.18. The van der Waals surface area contributed by atoms with Gasteiger partial charge in [-0.25, -0.2) is 0 Å². The van der Waals surface area contributed by atoms with Gasteiger partial charge < -0.3 is 8.83 Å². The Morgan fingerprint density at radius 3 is 2.64 bits per heavy atom. The molecule has 6 nitrogen and oxygen atoms in total. The predicted octanol–water partition coefficient (Wildman–Crippen LogP) is 5.03. The zero-order chi connectivity index (χ0) is 16.8. The molecule has 4 heterocycles. The molecule has 122 valence electrons. The third-order valence-corrected chi connectivity index (χ3v) is 4.93. The van der Waals surface area contributed by atoms with Crippen LogP contribution in [0.15, 0.2) is 63.6 Å². The third-order valence-electron chi connectivity index (χ3n) is 3.69. The van der Waals surface area contributed by atoms with E-state index in [1.165, 1.54) is 11.3 Å². The first-order valence-electron chi connectivity index (χ1n) is 7.41. The lowest BCUT2D eigenvalue weighted by Gasteiger charge is -1.99. The monoisotopic (exact) mass is 368 g/mol. The summed E-state index contributed by atoms with van der Waals surface area (Å²) in [7, 11) is 0. The summed E-state index contributed by atoms with van der Waals surface area (Å²) in [6.07, 6.45) is 1.59. The van der Waals surface area contributed by atoms with E-state index in [0.29, 0.717) is 38.1 Å². The Kier molecular flexibility index (Phi) is 3.22. The van der Waals surface area contributed by atoms with Gasteiger partial charge in [-0.1, -0.05) is 35.1 Å². The quantitative estimate of drug-likeness (QED) is 0.447. The fourth-order valence-corrected chi connectivity index (χ4v) is 3.56. The fourth-order valence-electron chi connectivity index (χ4n) is 2.53. The Morgan fingerprint density at radius 1 is 0.920 bits per heavy atom. The lowest BCUT2D eigenvalue weighted by atomic mass is 10.2. The van der Waals surface area contributed by atoms with E-state index in [-0.39, 0.29) is 0 Å². The largest absolute Gasteiger partial charge is 0.461 e. The Bertz CT molecular complexity index is 1170. The van der Waals surface area contributed by atoms with Gasteiger partial charge in [0.2, 0.25) is 10.8 Å². The molecule has 0 saturated carbocycles. The second-order valence-electron chi connectivity index (χ2n) is 5.25. The van der Waals surface area contributed by atoms with Gasteiger partial charge >= 0.3 is 0 Å². The predicted molar refractivity (Wildman–Crippen MR) is 94.5 cm³/mol. The SMILES string of the molecule is Clc1ccccc1-c1ccc(-c2nn3c(-c4ccco4)nnc3s2)o1. The minimum Gasteiger partial charge on any atom is -0.461 e. The van der Waals surface area contributed by atoms with Crippen molar-refractivity contribution in [2.75, 3.05) is 0 Å². The van der Waals surface area contributed by atoms with Gasteiger partial charge in [0, 0.05) is 5.56 Å². The van der Waals surface area contributed by atoms with Crippen molar-refractivity contribution in [3.8, 4) is 33.7 Å². The summed E-state index contributed by atoms with van der Waals surface area (Å²) >= 11 is 7.62. The summed E-state index contributed by atoms with van der Waals surface area (Å²) in [6.45, 7) is 0. The molecule has 8 heteroatoms. The number of halogens is 1. The molecule has 25 heavy (non-hydrogen) atoms. The molecule has 4 aromatic heterocycles. The smallest absolute Gasteiger partial charge is 0.235 e. The summed E-state index contributed by atoms with van der Waals surface area (Å²) in [5, 5.41) is 14.2. The normalized spacial score (nSPS) is 11.4. The van der Waals surface area contributed by atoms with Crippen LogP contribution in [-0.2, 0) is 0 Å². The molecule has 0 aliphatic heterocycles. The Labute approximate surface area is 150 Å². The molecule has 0 fully saturated rings. The number of furan rings is 2. The van der Waals surface area contributed by atoms with Crippen LogP contribution in [0.25, 0.3) is 38.6 Å². The second-order valence-corrected chi connectivity index (χ2v) is 6.61. The Morgan fingerprint density at radius 2 is 1.80 bits per heavy atom. The highest BCUT2D eigenvalue weighted by Crippen LogP contribution is 2.34. The lowest BCUT2D eigenvalue weighted by Crippen LogP contribution is -1.89. The van der Waals surface area contributed by atoms with Gasteiger partial charge in [-0.15, -0.1) is 15.3 Å². The van der Waals surface area contributed by atoms with Crippen LogP contribution in [0.4, 0.5) is 0 Å². The molecule has 0 aliphatic rings. The molecule has 0 radical (unpaired) electrons. The topological polar surface area (TPSA) is 69.4 Å². The van der Waals surface area contributed by atoms with Crippen molar-refractivity contribution in [2.24, 2.45) is 0 Å². The molecular weight excluding hydrogens is 360 g/mol. The number of rotatable bonds is 3. The minimum atomic E-state index is 0.556. The molecule has 0 aliphatic carbocycles. The number of fused-ring (bicyclic) bond motifs is 1. The molecule has 0 spiro atoms. The second kappa shape index (κ2) is 5.58. The first-order valence-corrected chi connectivity index (χ1v) is 8.60. The van der Waals surface area contributed by atoms with Crippen LogP contribution < -0.4 is 0 Å². The van der Waals surface area contributed by atoms with Crippen LogP contribution >= 0.6 is 22.9 Å². The van der Waals surface area contributed by atoms with Gasteiger partial charge in [0.25, 0.3) is 0 Å². The van der Waals surface area contributed by atoms with Crippen LogP contribution in [0.1, 0.15) is 0 Å². The van der Waals surface area contributed by atoms with E-state index in [1.54, 1.807) is 16.8 Å². The maximum Gasteiger partial charge on any atom is 0.235 e. The summed E-state index contributed by atoms with van der Waals surface area (Å²) in [6, 6.07) is 14.9. The van der Waals surface area contributed by atoms with Gasteiger partial charge in [0.05, 0.1) is 11.3 Å². The number of benzene rings is 1. The van der Waals surface area contributed by atoms with E-state index in [9.17, 15) is 0 Å². The first-order chi connectivity index (χ1) is 12.3. The maximum absolute atomic E-state index is 6.23. The number of hydrogen-bond donors (Lipinski definition) is 0. The highest BCUT2D eigenvalue weighted by molar-refractivity contribution is 7.19. The van der Waals surface area contributed by atoms with Crippen LogP contribution in [-0.4, -0.2) is 19.8 Å². The lowest BCUT2D eigenvalue weighted by molar-refractivity contribution is 0.574. The zero-order valence-corrected chi connectivity index (χ0v) is 14.2. The van der Waals surface area contributed by atoms with E-state index in [1.807, 2.05) is 42.5 Å². The molecule has 0 unspecified atom stereocenters. The summed E-state index contributed by atoms with van der Waals surface area (Å²) in [4.78, 5) is 0.664. The van der Waals surface area contributed by atoms with Gasteiger partial charge in [-0.05, 0) is 36.4 Å². The molecule has 5 rings (SSSR count). The number of hydrogen-bond acceptors (Lipinski definition) is 6. The highest BCUT2D eigenvalue weighted by atomic mass is 35.5. The van der Waals surface area contributed by atoms with Crippen LogP contribution in [0.5, 0.6) is 0 Å². The van der Waals surface area contributed by atoms with Crippen molar-refractivity contribution in [1.29, 1.82) is 0 Å². The van der Waals surface area contributed by atoms with Gasteiger partial charge in [-0.2, -0.15) is 4.52 Å². The molecule has 0 bridgehead atoms. The zero-order valence-electron chi connectivity index (χ0n) is 12.6. The molecule has 0 saturated heterocycles. The van der Waals surface area contributed by atoms with Crippen molar-refractivity contribution >= 4 is 27.9 Å². The number of nitrogens with zero attached hydrogens (tertiary/aromatic N) is 4. The van der Waals surface area contributed by atoms with Gasteiger partial charge in [0.15, 0.2) is 16.5 Å². The van der Waals surface area contributed by atoms with Crippen LogP contribution in [0.3, 0.4) is 0 Å². The van der Waals surface area contributed by atoms with E-state index >= 15 is 0 Å². The van der Waals surface area contributed by atoms with Gasteiger partial charge in [-0.3, -0.25) is 0 Å². The minimum absolute atomic E-state index is 0.556. The third kappa shape index (κ3) is 2.36. The standard InChI is InChI=1S/C17H9ClN4O2S/c18-11-5-2-1-4-10(11)12-7-8-14(24-12)16-21-22-15(13-6-3-9-23-13)19-20-17(22)25-16/h1-9H. The summed E-state index contributed by atoms with van der Waals surface area (Å²) < 4.78 is 13.0. The van der Waals surface area contributed by atoms with E-state index in [0.717, 1.165) is 5.56 Å². The molecule has 0 N–H and O–H groups in total. The summed E-state index contributed by atoms with van der Waals surface area (Å²) in [5.74, 6) is 2.51. The maximum atomic E-state index is 6.23. The van der Waals surface area contributed by atoms with Crippen molar-refractivity contribution in [3.05, 3.63) is 59.8 Å². The molecule has 0 atom stereocenters. The van der Waals surface area contributed by atoms with E-state index in [4.69, 9.17) is 20.4 Å². The molecular formula is C17H9ClN4O2S. The van der Waals surface area contributed by atoms with E-state index in [2.05, 4.69) is 15.3 Å². The Balaban J connectivity index is 1.57. The number of aromatic nitrogens is 4. The molecule has 0 amide bonds. The van der Waals surface area contributed by atoms with Crippen molar-refractivity contribution in [3.63, 3.8) is 0 Å². The molecule has 5 aromatic rings. The average molecular weight is 369 g/mol. The first kappa shape index (κ1) is 14.4. The Hall–Kier alpha value is -2.90. The average Bonchev–Trinajstić information content (AvgIpc) is 3.38. The van der Waals surface area contributed by atoms with Crippen molar-refractivity contribution in [2.45, 2.75) is 0 Å². The van der Waals surface area contributed by atoms with E-state index < -0.39 is 0 Å². The fraction of sp³-hybridized carbons (Fsp3) is 0. The van der Waals surface area contributed by atoms with Crippen molar-refractivity contribution in [1.82, 2.24) is 19.8 Å². The van der Waals surface area contributed by atoms with Crippen molar-refractivity contribution < 1.29 is 8.83 Å². The summed E-state index contributed by atoms with van der Waals surface area (Å²) in [5.41, 5.74) is 0.842. The van der Waals surface area contributed by atoms with Crippen LogP contribution in [0.2, 0.25) is 5.02 Å². The van der Waals surface area contributed by atoms with Gasteiger partial charge in [0.1, 0.15) is 5.76 Å².